The number of primary sulfonamides is 1. The van der Waals surface area contributed by atoms with Crippen LogP contribution in [0.1, 0.15) is 24.1 Å². The van der Waals surface area contributed by atoms with Gasteiger partial charge in [-0.15, -0.1) is 0 Å². The van der Waals surface area contributed by atoms with E-state index in [1.54, 1.807) is 19.2 Å². The molecule has 0 fully saturated rings. The Morgan fingerprint density at radius 3 is 2.70 bits per heavy atom. The molecule has 2 aromatic carbocycles. The second-order valence-corrected chi connectivity index (χ2v) is 8.77. The van der Waals surface area contributed by atoms with Crippen LogP contribution in [0.25, 0.3) is 0 Å². The topological polar surface area (TPSA) is 125 Å². The SMILES string of the molecule is Cc1cc(S(N)(=O)=O)ccc1Nc1nccc(N(C)c2ccc3c(c2)NNC3C)n1. The van der Waals surface area contributed by atoms with Crippen LogP contribution in [0, 0.1) is 6.92 Å². The molecule has 0 spiro atoms. The third-order valence-electron chi connectivity index (χ3n) is 5.07. The highest BCUT2D eigenvalue weighted by molar-refractivity contribution is 7.89. The summed E-state index contributed by atoms with van der Waals surface area (Å²) in [6, 6.07) is 12.9. The van der Waals surface area contributed by atoms with Crippen LogP contribution in [-0.4, -0.2) is 25.4 Å². The van der Waals surface area contributed by atoms with Crippen LogP contribution >= 0.6 is 0 Å². The van der Waals surface area contributed by atoms with Gasteiger partial charge < -0.3 is 15.6 Å². The number of anilines is 5. The van der Waals surface area contributed by atoms with Crippen molar-refractivity contribution in [1.29, 1.82) is 0 Å². The number of nitrogens with zero attached hydrogens (tertiary/aromatic N) is 3. The van der Waals surface area contributed by atoms with Gasteiger partial charge in [0.05, 0.1) is 16.6 Å². The largest absolute Gasteiger partial charge is 0.329 e. The van der Waals surface area contributed by atoms with Gasteiger partial charge in [-0.05, 0) is 61.4 Å². The van der Waals surface area contributed by atoms with Crippen LogP contribution in [0.4, 0.5) is 28.8 Å². The molecule has 0 amide bonds. The average Bonchev–Trinajstić information content (AvgIpc) is 3.08. The fourth-order valence-electron chi connectivity index (χ4n) is 3.30. The Bertz CT molecular complexity index is 1210. The Morgan fingerprint density at radius 2 is 1.97 bits per heavy atom. The molecule has 9 nitrogen and oxygen atoms in total. The highest BCUT2D eigenvalue weighted by atomic mass is 32.2. The zero-order valence-corrected chi connectivity index (χ0v) is 17.7. The van der Waals surface area contributed by atoms with Gasteiger partial charge >= 0.3 is 0 Å². The van der Waals surface area contributed by atoms with Crippen molar-refractivity contribution in [3.05, 3.63) is 59.8 Å². The molecule has 1 unspecified atom stereocenters. The normalized spacial score (nSPS) is 15.4. The van der Waals surface area contributed by atoms with Crippen molar-refractivity contribution in [2.45, 2.75) is 24.8 Å². The number of fused-ring (bicyclic) bond motifs is 1. The minimum Gasteiger partial charge on any atom is -0.329 e. The minimum absolute atomic E-state index is 0.0639. The molecule has 30 heavy (non-hydrogen) atoms. The van der Waals surface area contributed by atoms with Crippen LogP contribution in [0.3, 0.4) is 0 Å². The molecule has 0 saturated heterocycles. The molecule has 1 aromatic heterocycles. The molecule has 5 N–H and O–H groups in total. The summed E-state index contributed by atoms with van der Waals surface area (Å²) >= 11 is 0. The Kier molecular flexibility index (Phi) is 5.06. The fourth-order valence-corrected chi connectivity index (χ4v) is 3.90. The molecule has 1 aliphatic rings. The summed E-state index contributed by atoms with van der Waals surface area (Å²) in [6.45, 7) is 3.89. The third kappa shape index (κ3) is 3.92. The number of benzene rings is 2. The molecule has 3 aromatic rings. The van der Waals surface area contributed by atoms with E-state index < -0.39 is 10.0 Å². The molecule has 1 aliphatic heterocycles. The van der Waals surface area contributed by atoms with Crippen molar-refractivity contribution in [3.63, 3.8) is 0 Å². The summed E-state index contributed by atoms with van der Waals surface area (Å²) in [5.41, 5.74) is 11.0. The molecule has 4 rings (SSSR count). The third-order valence-corrected chi connectivity index (χ3v) is 5.98. The van der Waals surface area contributed by atoms with Crippen LogP contribution in [-0.2, 0) is 10.0 Å². The Morgan fingerprint density at radius 1 is 1.17 bits per heavy atom. The fraction of sp³-hybridized carbons (Fsp3) is 0.200. The predicted octanol–water partition coefficient (Wildman–Crippen LogP) is 2.94. The lowest BCUT2D eigenvalue weighted by Gasteiger charge is -2.20. The van der Waals surface area contributed by atoms with E-state index in [4.69, 9.17) is 5.14 Å². The maximum atomic E-state index is 11.5. The quantitative estimate of drug-likeness (QED) is 0.492. The molecule has 2 heterocycles. The second kappa shape index (κ2) is 7.56. The number of hydrazine groups is 1. The molecule has 0 radical (unpaired) electrons. The summed E-state index contributed by atoms with van der Waals surface area (Å²) in [5.74, 6) is 1.12. The molecule has 156 valence electrons. The van der Waals surface area contributed by atoms with E-state index in [2.05, 4.69) is 51.3 Å². The van der Waals surface area contributed by atoms with Crippen LogP contribution in [0.15, 0.2) is 53.6 Å². The number of nitrogens with one attached hydrogen (secondary N) is 3. The standard InChI is InChI=1S/C20H23N7O2S/c1-12-10-15(30(21,28)29)5-7-17(12)23-20-22-9-8-19(24-20)27(3)14-4-6-16-13(2)25-26-18(16)11-14/h4-11,13,25-26H,1-3H3,(H2,21,28,29)(H,22,23,24). The van der Waals surface area contributed by atoms with Gasteiger partial charge in [0, 0.05) is 24.6 Å². The monoisotopic (exact) mass is 425 g/mol. The first-order valence-corrected chi connectivity index (χ1v) is 10.9. The number of aromatic nitrogens is 2. The van der Waals surface area contributed by atoms with Crippen molar-refractivity contribution in [3.8, 4) is 0 Å². The molecular formula is C20H23N7O2S. The highest BCUT2D eigenvalue weighted by Crippen LogP contribution is 2.33. The van der Waals surface area contributed by atoms with Crippen molar-refractivity contribution in [2.75, 3.05) is 22.7 Å². The van der Waals surface area contributed by atoms with Gasteiger partial charge in [0.25, 0.3) is 0 Å². The smallest absolute Gasteiger partial charge is 0.238 e. The molecular weight excluding hydrogens is 402 g/mol. The molecule has 0 saturated carbocycles. The Labute approximate surface area is 175 Å². The maximum absolute atomic E-state index is 11.5. The van der Waals surface area contributed by atoms with E-state index in [1.165, 1.54) is 17.7 Å². The maximum Gasteiger partial charge on any atom is 0.238 e. The summed E-state index contributed by atoms with van der Waals surface area (Å²) < 4.78 is 23.0. The van der Waals surface area contributed by atoms with E-state index in [9.17, 15) is 8.42 Å². The van der Waals surface area contributed by atoms with Crippen LogP contribution < -0.4 is 26.2 Å². The Balaban J connectivity index is 1.57. The van der Waals surface area contributed by atoms with Crippen LogP contribution in [0.2, 0.25) is 0 Å². The van der Waals surface area contributed by atoms with Crippen molar-refractivity contribution in [1.82, 2.24) is 15.4 Å². The Hall–Kier alpha value is -3.21. The predicted molar refractivity (Wildman–Crippen MR) is 118 cm³/mol. The average molecular weight is 426 g/mol. The lowest BCUT2D eigenvalue weighted by atomic mass is 10.1. The lowest BCUT2D eigenvalue weighted by Crippen LogP contribution is -2.15. The van der Waals surface area contributed by atoms with Gasteiger partial charge in [-0.1, -0.05) is 6.07 Å². The highest BCUT2D eigenvalue weighted by Gasteiger charge is 2.19. The van der Waals surface area contributed by atoms with Gasteiger partial charge in [0.2, 0.25) is 16.0 Å². The molecule has 10 heteroatoms. The van der Waals surface area contributed by atoms with Gasteiger partial charge in [-0.3, -0.25) is 0 Å². The van der Waals surface area contributed by atoms with Crippen molar-refractivity contribution >= 4 is 38.9 Å². The number of hydrogen-bond acceptors (Lipinski definition) is 8. The summed E-state index contributed by atoms with van der Waals surface area (Å²) in [6.07, 6.45) is 1.67. The first-order chi connectivity index (χ1) is 14.2. The summed E-state index contributed by atoms with van der Waals surface area (Å²) in [4.78, 5) is 10.9. The van der Waals surface area contributed by atoms with E-state index >= 15 is 0 Å². The first kappa shape index (κ1) is 20.1. The van der Waals surface area contributed by atoms with Crippen LogP contribution in [0.5, 0.6) is 0 Å². The molecule has 0 bridgehead atoms. The van der Waals surface area contributed by atoms with E-state index in [-0.39, 0.29) is 10.9 Å². The first-order valence-electron chi connectivity index (χ1n) is 9.35. The number of sulfonamides is 1. The minimum atomic E-state index is -3.75. The van der Waals surface area contributed by atoms with E-state index in [1.807, 2.05) is 18.0 Å². The number of nitrogens with two attached hydrogens (primary N) is 1. The van der Waals surface area contributed by atoms with Crippen molar-refractivity contribution in [2.24, 2.45) is 5.14 Å². The van der Waals surface area contributed by atoms with Gasteiger partial charge in [-0.2, -0.15) is 4.98 Å². The summed E-state index contributed by atoms with van der Waals surface area (Å²) in [5, 5.41) is 8.33. The van der Waals surface area contributed by atoms with Gasteiger partial charge in [-0.25, -0.2) is 24.0 Å². The lowest BCUT2D eigenvalue weighted by molar-refractivity contribution is 0.597. The second-order valence-electron chi connectivity index (χ2n) is 7.21. The van der Waals surface area contributed by atoms with E-state index in [0.29, 0.717) is 17.5 Å². The van der Waals surface area contributed by atoms with Gasteiger partial charge in [0.15, 0.2) is 0 Å². The molecule has 1 atom stereocenters. The number of hydrogen-bond donors (Lipinski definition) is 4. The van der Waals surface area contributed by atoms with Crippen molar-refractivity contribution < 1.29 is 8.42 Å². The van der Waals surface area contributed by atoms with E-state index in [0.717, 1.165) is 16.9 Å². The number of aryl methyl sites for hydroxylation is 1. The zero-order valence-electron chi connectivity index (χ0n) is 16.8. The zero-order chi connectivity index (χ0) is 21.5. The van der Waals surface area contributed by atoms with Gasteiger partial charge in [0.1, 0.15) is 5.82 Å². The molecule has 0 aliphatic carbocycles. The number of rotatable bonds is 5. The summed E-state index contributed by atoms with van der Waals surface area (Å²) in [7, 11) is -1.81.